The van der Waals surface area contributed by atoms with Crippen LogP contribution in [0.3, 0.4) is 0 Å². The number of ketones is 1. The van der Waals surface area contributed by atoms with Crippen LogP contribution in [0, 0.1) is 6.92 Å². The lowest BCUT2D eigenvalue weighted by atomic mass is 10.1. The second-order valence-electron chi connectivity index (χ2n) is 8.35. The molecule has 1 N–H and O–H groups in total. The fraction of sp³-hybridized carbons (Fsp3) is 0.200. The summed E-state index contributed by atoms with van der Waals surface area (Å²) in [7, 11) is 0. The molecule has 2 aromatic carbocycles. The molecule has 10 nitrogen and oxygen atoms in total. The lowest BCUT2D eigenvalue weighted by Gasteiger charge is -2.19. The maximum Gasteiger partial charge on any atom is 0.263 e. The molecule has 1 atom stereocenters. The van der Waals surface area contributed by atoms with Gasteiger partial charge < -0.3 is 19.1 Å². The lowest BCUT2D eigenvalue weighted by Crippen LogP contribution is -2.21. The number of aryl methyl sites for hydroxylation is 1. The smallest absolute Gasteiger partial charge is 0.263 e. The van der Waals surface area contributed by atoms with Gasteiger partial charge >= 0.3 is 0 Å². The van der Waals surface area contributed by atoms with E-state index in [2.05, 4.69) is 35.0 Å². The predicted molar refractivity (Wildman–Crippen MR) is 127 cm³/mol. The van der Waals surface area contributed by atoms with Gasteiger partial charge in [-0.3, -0.25) is 4.79 Å². The van der Waals surface area contributed by atoms with Crippen LogP contribution in [0.15, 0.2) is 65.4 Å². The Kier molecular flexibility index (Phi) is 5.17. The number of anilines is 1. The Balaban J connectivity index is 1.18. The summed E-state index contributed by atoms with van der Waals surface area (Å²) >= 11 is 0. The van der Waals surface area contributed by atoms with Crippen LogP contribution in [-0.4, -0.2) is 48.9 Å². The number of ether oxygens (including phenoxy) is 1. The van der Waals surface area contributed by atoms with Crippen LogP contribution in [-0.2, 0) is 0 Å². The maximum absolute atomic E-state index is 12.9. The molecule has 0 spiro atoms. The minimum Gasteiger partial charge on any atom is -0.436 e. The molecule has 6 rings (SSSR count). The number of carbonyl (C=O) groups excluding carboxylic acids is 1. The van der Waals surface area contributed by atoms with E-state index in [1.165, 1.54) is 0 Å². The first kappa shape index (κ1) is 21.0. The number of H-pyrrole nitrogens is 1. The standard InChI is InChI=1S/C25H21N7O3/c1-15-28-24(35-31-15)17-10-13-32(14-17)23-25(27-12-11-26-23)34-18-8-6-16(7-9-18)21(33)22-29-19-4-2-3-5-20(19)30-22/h2-9,11-12,17H,10,13-14H2,1H3,(H,29,30)/t17-/m0/s1. The monoisotopic (exact) mass is 467 g/mol. The SMILES string of the molecule is Cc1noc([C@H]2CCN(c3nccnc3Oc3ccc(C(=O)c4nc5ccccc5[nH]4)cc3)C2)n1. The van der Waals surface area contributed by atoms with E-state index < -0.39 is 0 Å². The number of hydrogen-bond acceptors (Lipinski definition) is 9. The van der Waals surface area contributed by atoms with Crippen molar-refractivity contribution in [3.8, 4) is 11.6 Å². The van der Waals surface area contributed by atoms with E-state index in [1.54, 1.807) is 36.7 Å². The Morgan fingerprint density at radius 2 is 1.91 bits per heavy atom. The number of fused-ring (bicyclic) bond motifs is 1. The highest BCUT2D eigenvalue weighted by atomic mass is 16.5. The van der Waals surface area contributed by atoms with Crippen LogP contribution in [0.5, 0.6) is 11.6 Å². The Morgan fingerprint density at radius 1 is 1.09 bits per heavy atom. The molecule has 0 amide bonds. The number of aromatic nitrogens is 6. The Labute approximate surface area is 200 Å². The molecule has 4 heterocycles. The Hall–Kier alpha value is -4.60. The quantitative estimate of drug-likeness (QED) is 0.368. The summed E-state index contributed by atoms with van der Waals surface area (Å²) in [5, 5.41) is 3.89. The lowest BCUT2D eigenvalue weighted by molar-refractivity contribution is 0.103. The van der Waals surface area contributed by atoms with Crippen molar-refractivity contribution in [3.05, 3.63) is 84.0 Å². The number of imidazole rings is 1. The van der Waals surface area contributed by atoms with E-state index >= 15 is 0 Å². The van der Waals surface area contributed by atoms with Crippen molar-refractivity contribution < 1.29 is 14.1 Å². The molecule has 1 aliphatic rings. The summed E-state index contributed by atoms with van der Waals surface area (Å²) in [5.74, 6) is 3.11. The van der Waals surface area contributed by atoms with Gasteiger partial charge in [-0.2, -0.15) is 4.98 Å². The van der Waals surface area contributed by atoms with Crippen molar-refractivity contribution in [1.29, 1.82) is 0 Å². The maximum atomic E-state index is 12.9. The van der Waals surface area contributed by atoms with Gasteiger partial charge in [0.1, 0.15) is 5.75 Å². The van der Waals surface area contributed by atoms with Crippen molar-refractivity contribution in [2.75, 3.05) is 18.0 Å². The van der Waals surface area contributed by atoms with Gasteiger partial charge in [0.25, 0.3) is 5.88 Å². The highest BCUT2D eigenvalue weighted by Crippen LogP contribution is 2.34. The Bertz CT molecular complexity index is 1480. The van der Waals surface area contributed by atoms with E-state index in [-0.39, 0.29) is 11.7 Å². The average molecular weight is 467 g/mol. The molecule has 0 bridgehead atoms. The fourth-order valence-corrected chi connectivity index (χ4v) is 4.22. The first-order valence-electron chi connectivity index (χ1n) is 11.3. The molecule has 0 unspecified atom stereocenters. The largest absolute Gasteiger partial charge is 0.436 e. The first-order chi connectivity index (χ1) is 17.1. The number of hydrogen-bond donors (Lipinski definition) is 1. The number of rotatable bonds is 6. The molecule has 35 heavy (non-hydrogen) atoms. The van der Waals surface area contributed by atoms with Gasteiger partial charge in [0.2, 0.25) is 11.7 Å². The van der Waals surface area contributed by atoms with Crippen LogP contribution in [0.25, 0.3) is 11.0 Å². The third-order valence-electron chi connectivity index (χ3n) is 5.96. The topological polar surface area (TPSA) is 123 Å². The van der Waals surface area contributed by atoms with E-state index in [0.29, 0.717) is 47.1 Å². The number of nitrogens with one attached hydrogen (secondary N) is 1. The molecule has 1 fully saturated rings. The van der Waals surface area contributed by atoms with Gasteiger partial charge in [0.15, 0.2) is 17.5 Å². The van der Waals surface area contributed by atoms with Crippen molar-refractivity contribution in [2.45, 2.75) is 19.3 Å². The van der Waals surface area contributed by atoms with Crippen LogP contribution < -0.4 is 9.64 Å². The molecule has 174 valence electrons. The second kappa shape index (κ2) is 8.64. The molecule has 0 radical (unpaired) electrons. The van der Waals surface area contributed by atoms with E-state index in [9.17, 15) is 4.79 Å². The zero-order valence-electron chi connectivity index (χ0n) is 18.9. The molecule has 5 aromatic rings. The minimum atomic E-state index is -0.188. The molecule has 1 saturated heterocycles. The van der Waals surface area contributed by atoms with Gasteiger partial charge in [-0.1, -0.05) is 17.3 Å². The molecule has 1 aliphatic heterocycles. The highest BCUT2D eigenvalue weighted by molar-refractivity contribution is 6.08. The summed E-state index contributed by atoms with van der Waals surface area (Å²) in [6.45, 7) is 3.26. The van der Waals surface area contributed by atoms with Gasteiger partial charge in [0, 0.05) is 31.0 Å². The minimum absolute atomic E-state index is 0.134. The zero-order chi connectivity index (χ0) is 23.8. The summed E-state index contributed by atoms with van der Waals surface area (Å²) in [6, 6.07) is 14.4. The highest BCUT2D eigenvalue weighted by Gasteiger charge is 2.31. The first-order valence-corrected chi connectivity index (χ1v) is 11.3. The number of para-hydroxylation sites is 2. The summed E-state index contributed by atoms with van der Waals surface area (Å²) in [6.07, 6.45) is 4.10. The van der Waals surface area contributed by atoms with Crippen molar-refractivity contribution >= 4 is 22.6 Å². The average Bonchev–Trinajstić information content (AvgIpc) is 3.64. The van der Waals surface area contributed by atoms with Crippen LogP contribution in [0.4, 0.5) is 5.82 Å². The van der Waals surface area contributed by atoms with Crippen LogP contribution in [0.1, 0.15) is 40.2 Å². The number of nitrogens with zero attached hydrogens (tertiary/aromatic N) is 6. The number of carbonyl (C=O) groups is 1. The molecule has 3 aromatic heterocycles. The van der Waals surface area contributed by atoms with Crippen molar-refractivity contribution in [3.63, 3.8) is 0 Å². The molecule has 0 saturated carbocycles. The molecule has 10 heteroatoms. The van der Waals surface area contributed by atoms with Gasteiger partial charge in [-0.15, -0.1) is 0 Å². The van der Waals surface area contributed by atoms with Crippen molar-refractivity contribution in [1.82, 2.24) is 30.1 Å². The number of benzene rings is 2. The van der Waals surface area contributed by atoms with Gasteiger partial charge in [-0.25, -0.2) is 15.0 Å². The van der Waals surface area contributed by atoms with Crippen LogP contribution in [0.2, 0.25) is 0 Å². The molecular weight excluding hydrogens is 446 g/mol. The zero-order valence-corrected chi connectivity index (χ0v) is 18.9. The van der Waals surface area contributed by atoms with Gasteiger partial charge in [0.05, 0.1) is 17.0 Å². The van der Waals surface area contributed by atoms with E-state index in [0.717, 1.165) is 24.0 Å². The van der Waals surface area contributed by atoms with Crippen LogP contribution >= 0.6 is 0 Å². The Morgan fingerprint density at radius 3 is 2.71 bits per heavy atom. The third-order valence-corrected chi connectivity index (χ3v) is 5.96. The predicted octanol–water partition coefficient (Wildman–Crippen LogP) is 4.06. The second-order valence-corrected chi connectivity index (χ2v) is 8.35. The summed E-state index contributed by atoms with van der Waals surface area (Å²) in [5.41, 5.74) is 2.08. The molecule has 0 aliphatic carbocycles. The summed E-state index contributed by atoms with van der Waals surface area (Å²) in [4.78, 5) is 35.7. The fourth-order valence-electron chi connectivity index (χ4n) is 4.22. The van der Waals surface area contributed by atoms with E-state index in [1.807, 2.05) is 31.2 Å². The summed E-state index contributed by atoms with van der Waals surface area (Å²) < 4.78 is 11.4. The molecular formula is C25H21N7O3. The normalized spacial score (nSPS) is 15.6. The van der Waals surface area contributed by atoms with Crippen molar-refractivity contribution in [2.24, 2.45) is 0 Å². The van der Waals surface area contributed by atoms with Gasteiger partial charge in [-0.05, 0) is 49.7 Å². The van der Waals surface area contributed by atoms with E-state index in [4.69, 9.17) is 9.26 Å². The number of aromatic amines is 1. The third kappa shape index (κ3) is 4.10.